The summed E-state index contributed by atoms with van der Waals surface area (Å²) in [5.41, 5.74) is 1.91. The summed E-state index contributed by atoms with van der Waals surface area (Å²) in [5, 5.41) is 0.654. The Labute approximate surface area is 179 Å². The molecule has 4 rings (SSSR count). The van der Waals surface area contributed by atoms with Crippen LogP contribution in [0.5, 0.6) is 0 Å². The standard InChI is InChI=1S/C22H16BrNO6/c1-12-2-4-16-17(8-12)22(28)24(21(16)27)7-6-19(25)29-11-13-9-20(26)30-18-10-14(23)3-5-15(13)18/h2-5,8-10H,6-7,11H2,1H3. The van der Waals surface area contributed by atoms with Gasteiger partial charge < -0.3 is 9.15 Å². The van der Waals surface area contributed by atoms with Crippen molar-refractivity contribution in [2.75, 3.05) is 6.54 Å². The van der Waals surface area contributed by atoms with Crippen molar-refractivity contribution >= 4 is 44.7 Å². The van der Waals surface area contributed by atoms with Gasteiger partial charge in [0.25, 0.3) is 11.8 Å². The topological polar surface area (TPSA) is 93.9 Å². The zero-order chi connectivity index (χ0) is 21.4. The number of esters is 1. The van der Waals surface area contributed by atoms with E-state index < -0.39 is 23.4 Å². The molecule has 1 aliphatic heterocycles. The molecule has 1 aromatic heterocycles. The van der Waals surface area contributed by atoms with Crippen LogP contribution in [-0.2, 0) is 16.1 Å². The molecule has 0 N–H and O–H groups in total. The van der Waals surface area contributed by atoms with Crippen molar-refractivity contribution in [2.24, 2.45) is 0 Å². The second-order valence-electron chi connectivity index (χ2n) is 6.95. The molecule has 0 atom stereocenters. The van der Waals surface area contributed by atoms with Gasteiger partial charge in [-0.25, -0.2) is 4.79 Å². The van der Waals surface area contributed by atoms with Gasteiger partial charge in [-0.3, -0.25) is 19.3 Å². The van der Waals surface area contributed by atoms with Gasteiger partial charge in [-0.15, -0.1) is 0 Å². The van der Waals surface area contributed by atoms with Gasteiger partial charge in [0.2, 0.25) is 0 Å². The van der Waals surface area contributed by atoms with Crippen molar-refractivity contribution in [3.63, 3.8) is 0 Å². The van der Waals surface area contributed by atoms with Gasteiger partial charge >= 0.3 is 11.6 Å². The van der Waals surface area contributed by atoms with E-state index in [1.54, 1.807) is 36.4 Å². The SMILES string of the molecule is Cc1ccc2c(c1)C(=O)N(CCC(=O)OCc1cc(=O)oc3cc(Br)ccc13)C2=O. The van der Waals surface area contributed by atoms with Crippen LogP contribution in [-0.4, -0.2) is 29.2 Å². The highest BCUT2D eigenvalue weighted by Gasteiger charge is 2.35. The summed E-state index contributed by atoms with van der Waals surface area (Å²) in [6.45, 7) is 1.64. The number of ether oxygens (including phenoxy) is 1. The number of rotatable bonds is 5. The third-order valence-corrected chi connectivity index (χ3v) is 5.34. The Kier molecular flexibility index (Phi) is 5.26. The van der Waals surface area contributed by atoms with Gasteiger partial charge in [0.1, 0.15) is 12.2 Å². The lowest BCUT2D eigenvalue weighted by atomic mass is 10.1. The van der Waals surface area contributed by atoms with Crippen LogP contribution in [0.4, 0.5) is 0 Å². The smallest absolute Gasteiger partial charge is 0.336 e. The number of amides is 2. The summed E-state index contributed by atoms with van der Waals surface area (Å²) in [4.78, 5) is 49.9. The Morgan fingerprint density at radius 1 is 1.03 bits per heavy atom. The molecule has 2 amide bonds. The zero-order valence-electron chi connectivity index (χ0n) is 15.9. The molecule has 0 radical (unpaired) electrons. The number of aryl methyl sites for hydroxylation is 1. The van der Waals surface area contributed by atoms with Crippen LogP contribution in [0.2, 0.25) is 0 Å². The number of benzene rings is 2. The maximum absolute atomic E-state index is 12.5. The van der Waals surface area contributed by atoms with Crippen molar-refractivity contribution in [1.29, 1.82) is 0 Å². The van der Waals surface area contributed by atoms with Crippen LogP contribution in [0.15, 0.2) is 56.1 Å². The molecule has 1 aliphatic rings. The van der Waals surface area contributed by atoms with E-state index in [-0.39, 0.29) is 19.6 Å². The molecule has 0 saturated heterocycles. The number of hydrogen-bond acceptors (Lipinski definition) is 6. The largest absolute Gasteiger partial charge is 0.461 e. The van der Waals surface area contributed by atoms with Gasteiger partial charge in [-0.05, 0) is 37.3 Å². The minimum absolute atomic E-state index is 0.0746. The average molecular weight is 470 g/mol. The van der Waals surface area contributed by atoms with E-state index >= 15 is 0 Å². The lowest BCUT2D eigenvalue weighted by molar-refractivity contribution is -0.145. The molecule has 2 aromatic carbocycles. The van der Waals surface area contributed by atoms with Crippen LogP contribution in [0.1, 0.15) is 38.3 Å². The lowest BCUT2D eigenvalue weighted by Crippen LogP contribution is -2.32. The van der Waals surface area contributed by atoms with E-state index in [4.69, 9.17) is 9.15 Å². The van der Waals surface area contributed by atoms with E-state index in [0.717, 1.165) is 14.9 Å². The summed E-state index contributed by atoms with van der Waals surface area (Å²) >= 11 is 3.31. The predicted octanol–water partition coefficient (Wildman–Crippen LogP) is 3.59. The fourth-order valence-corrected chi connectivity index (χ4v) is 3.70. The molecule has 0 bridgehead atoms. The summed E-state index contributed by atoms with van der Waals surface area (Å²) in [7, 11) is 0. The molecule has 8 heteroatoms. The van der Waals surface area contributed by atoms with Crippen LogP contribution in [0.25, 0.3) is 11.0 Å². The molecule has 7 nitrogen and oxygen atoms in total. The van der Waals surface area contributed by atoms with E-state index in [0.29, 0.717) is 27.7 Å². The molecule has 0 saturated carbocycles. The molecule has 2 heterocycles. The first-order valence-electron chi connectivity index (χ1n) is 9.18. The highest BCUT2D eigenvalue weighted by molar-refractivity contribution is 9.10. The van der Waals surface area contributed by atoms with Gasteiger partial charge in [0.05, 0.1) is 17.5 Å². The molecule has 152 valence electrons. The average Bonchev–Trinajstić information content (AvgIpc) is 2.93. The van der Waals surface area contributed by atoms with Gasteiger partial charge in [-0.1, -0.05) is 27.6 Å². The number of carbonyl (C=O) groups excluding carboxylic acids is 3. The summed E-state index contributed by atoms with van der Waals surface area (Å²) in [6, 6.07) is 11.5. The summed E-state index contributed by atoms with van der Waals surface area (Å²) in [5.74, 6) is -1.41. The van der Waals surface area contributed by atoms with Crippen LogP contribution in [0, 0.1) is 6.92 Å². The zero-order valence-corrected chi connectivity index (χ0v) is 17.5. The molecular weight excluding hydrogens is 454 g/mol. The number of fused-ring (bicyclic) bond motifs is 2. The first-order valence-corrected chi connectivity index (χ1v) is 9.97. The number of imide groups is 1. The van der Waals surface area contributed by atoms with E-state index in [1.165, 1.54) is 6.07 Å². The van der Waals surface area contributed by atoms with Gasteiger partial charge in [0.15, 0.2) is 0 Å². The predicted molar refractivity (Wildman–Crippen MR) is 111 cm³/mol. The molecule has 0 unspecified atom stereocenters. The number of hydrogen-bond donors (Lipinski definition) is 0. The number of nitrogens with zero attached hydrogens (tertiary/aromatic N) is 1. The van der Waals surface area contributed by atoms with Crippen molar-refractivity contribution < 1.29 is 23.5 Å². The third kappa shape index (κ3) is 3.78. The maximum Gasteiger partial charge on any atom is 0.336 e. The van der Waals surface area contributed by atoms with Gasteiger partial charge in [-0.2, -0.15) is 0 Å². The normalized spacial score (nSPS) is 13.1. The highest BCUT2D eigenvalue weighted by atomic mass is 79.9. The van der Waals surface area contributed by atoms with Gasteiger partial charge in [0, 0.05) is 28.0 Å². The van der Waals surface area contributed by atoms with Crippen LogP contribution in [0.3, 0.4) is 0 Å². The van der Waals surface area contributed by atoms with E-state index in [1.807, 2.05) is 6.92 Å². The molecular formula is C22H16BrNO6. The van der Waals surface area contributed by atoms with Crippen LogP contribution < -0.4 is 5.63 Å². The first-order chi connectivity index (χ1) is 14.3. The van der Waals surface area contributed by atoms with Crippen molar-refractivity contribution in [2.45, 2.75) is 20.0 Å². The Morgan fingerprint density at radius 3 is 2.60 bits per heavy atom. The fourth-order valence-electron chi connectivity index (χ4n) is 3.36. The maximum atomic E-state index is 12.5. The van der Waals surface area contributed by atoms with Crippen LogP contribution >= 0.6 is 15.9 Å². The highest BCUT2D eigenvalue weighted by Crippen LogP contribution is 2.25. The number of carbonyl (C=O) groups is 3. The second kappa shape index (κ2) is 7.87. The number of halogens is 1. The Balaban J connectivity index is 1.41. The van der Waals surface area contributed by atoms with E-state index in [9.17, 15) is 19.2 Å². The van der Waals surface area contributed by atoms with Crippen molar-refractivity contribution in [1.82, 2.24) is 4.90 Å². The van der Waals surface area contributed by atoms with Crippen molar-refractivity contribution in [3.05, 3.63) is 79.6 Å². The first kappa shape index (κ1) is 20.0. The molecule has 3 aromatic rings. The fraction of sp³-hybridized carbons (Fsp3) is 0.182. The van der Waals surface area contributed by atoms with E-state index in [2.05, 4.69) is 15.9 Å². The van der Waals surface area contributed by atoms with Crippen molar-refractivity contribution in [3.8, 4) is 0 Å². The second-order valence-corrected chi connectivity index (χ2v) is 7.87. The minimum Gasteiger partial charge on any atom is -0.461 e. The molecule has 0 spiro atoms. The Morgan fingerprint density at radius 2 is 1.80 bits per heavy atom. The monoisotopic (exact) mass is 469 g/mol. The molecule has 0 fully saturated rings. The minimum atomic E-state index is -0.582. The Hall–Kier alpha value is -3.26. The third-order valence-electron chi connectivity index (χ3n) is 4.85. The lowest BCUT2D eigenvalue weighted by Gasteiger charge is -2.13. The molecule has 30 heavy (non-hydrogen) atoms. The molecule has 0 aliphatic carbocycles. The summed E-state index contributed by atoms with van der Waals surface area (Å²) in [6.07, 6.45) is -0.143. The Bertz CT molecular complexity index is 1260. The quantitative estimate of drug-likeness (QED) is 0.322. The summed E-state index contributed by atoms with van der Waals surface area (Å²) < 4.78 is 11.2.